The normalized spacial score (nSPS) is 32.1. The van der Waals surface area contributed by atoms with E-state index < -0.39 is 0 Å². The van der Waals surface area contributed by atoms with E-state index in [1.54, 1.807) is 0 Å². The zero-order valence-electron chi connectivity index (χ0n) is 11.0. The standard InChI is InChI=1S/C13H26N2OS/c1-13(5-4-8-17-13)11-14-9-12(16)10-15-6-2-3-7-15/h12,14,16H,2-11H2,1H3. The van der Waals surface area contributed by atoms with Crippen LogP contribution in [0.2, 0.25) is 0 Å². The summed E-state index contributed by atoms with van der Waals surface area (Å²) in [7, 11) is 0. The molecule has 0 aromatic heterocycles. The number of thioether (sulfide) groups is 1. The van der Waals surface area contributed by atoms with Gasteiger partial charge in [-0.25, -0.2) is 0 Å². The summed E-state index contributed by atoms with van der Waals surface area (Å²) in [5.74, 6) is 1.30. The fourth-order valence-corrected chi connectivity index (χ4v) is 4.08. The molecule has 100 valence electrons. The maximum Gasteiger partial charge on any atom is 0.0791 e. The summed E-state index contributed by atoms with van der Waals surface area (Å²) >= 11 is 2.07. The number of rotatable bonds is 6. The summed E-state index contributed by atoms with van der Waals surface area (Å²) in [6.45, 7) is 7.30. The minimum absolute atomic E-state index is 0.205. The van der Waals surface area contributed by atoms with Gasteiger partial charge in [0.1, 0.15) is 0 Å². The average molecular weight is 258 g/mol. The molecule has 0 saturated carbocycles. The van der Waals surface area contributed by atoms with Gasteiger partial charge in [0, 0.05) is 24.4 Å². The molecule has 2 aliphatic rings. The van der Waals surface area contributed by atoms with Crippen molar-refractivity contribution >= 4 is 11.8 Å². The van der Waals surface area contributed by atoms with Crippen molar-refractivity contribution in [2.75, 3.05) is 38.5 Å². The summed E-state index contributed by atoms with van der Waals surface area (Å²) in [6.07, 6.45) is 5.05. The van der Waals surface area contributed by atoms with Gasteiger partial charge >= 0.3 is 0 Å². The molecule has 17 heavy (non-hydrogen) atoms. The lowest BCUT2D eigenvalue weighted by atomic mass is 10.1. The third-order valence-corrected chi connectivity index (χ3v) is 5.39. The predicted octanol–water partition coefficient (Wildman–Crippen LogP) is 1.32. The van der Waals surface area contributed by atoms with Crippen LogP contribution in [0, 0.1) is 0 Å². The van der Waals surface area contributed by atoms with Crippen LogP contribution >= 0.6 is 11.8 Å². The first kappa shape index (κ1) is 13.7. The highest BCUT2D eigenvalue weighted by Crippen LogP contribution is 2.36. The van der Waals surface area contributed by atoms with Crippen LogP contribution in [-0.2, 0) is 0 Å². The molecule has 4 heteroatoms. The molecule has 0 radical (unpaired) electrons. The maximum atomic E-state index is 9.96. The van der Waals surface area contributed by atoms with E-state index >= 15 is 0 Å². The van der Waals surface area contributed by atoms with Crippen LogP contribution in [-0.4, -0.2) is 59.3 Å². The second-order valence-electron chi connectivity index (χ2n) is 5.69. The fourth-order valence-electron chi connectivity index (χ4n) is 2.81. The lowest BCUT2D eigenvalue weighted by molar-refractivity contribution is 0.123. The number of hydrogen-bond donors (Lipinski definition) is 2. The van der Waals surface area contributed by atoms with E-state index in [-0.39, 0.29) is 6.10 Å². The van der Waals surface area contributed by atoms with Gasteiger partial charge < -0.3 is 15.3 Å². The van der Waals surface area contributed by atoms with Crippen LogP contribution in [0.1, 0.15) is 32.6 Å². The lowest BCUT2D eigenvalue weighted by Gasteiger charge is -2.25. The third kappa shape index (κ3) is 4.43. The van der Waals surface area contributed by atoms with Crippen LogP contribution in [0.5, 0.6) is 0 Å². The Balaban J connectivity index is 1.57. The molecule has 2 aliphatic heterocycles. The Bertz CT molecular complexity index is 225. The number of nitrogens with zero attached hydrogens (tertiary/aromatic N) is 1. The molecular weight excluding hydrogens is 232 g/mol. The van der Waals surface area contributed by atoms with Crippen molar-refractivity contribution in [3.63, 3.8) is 0 Å². The predicted molar refractivity (Wildman–Crippen MR) is 74.6 cm³/mol. The lowest BCUT2D eigenvalue weighted by Crippen LogP contribution is -2.41. The minimum Gasteiger partial charge on any atom is -0.390 e. The van der Waals surface area contributed by atoms with Gasteiger partial charge in [-0.2, -0.15) is 11.8 Å². The van der Waals surface area contributed by atoms with Crippen molar-refractivity contribution in [2.24, 2.45) is 0 Å². The molecule has 2 rings (SSSR count). The highest BCUT2D eigenvalue weighted by molar-refractivity contribution is 8.00. The first-order valence-electron chi connectivity index (χ1n) is 6.93. The Hall–Kier alpha value is 0.230. The zero-order valence-corrected chi connectivity index (χ0v) is 11.8. The van der Waals surface area contributed by atoms with Crippen molar-refractivity contribution in [1.29, 1.82) is 0 Å². The smallest absolute Gasteiger partial charge is 0.0791 e. The monoisotopic (exact) mass is 258 g/mol. The van der Waals surface area contributed by atoms with Gasteiger partial charge in [0.25, 0.3) is 0 Å². The third-order valence-electron chi connectivity index (χ3n) is 3.85. The van der Waals surface area contributed by atoms with E-state index in [1.807, 2.05) is 0 Å². The molecule has 2 heterocycles. The molecule has 2 fully saturated rings. The second-order valence-corrected chi connectivity index (χ2v) is 7.38. The molecule has 2 N–H and O–H groups in total. The Morgan fingerprint density at radius 2 is 2.12 bits per heavy atom. The first-order chi connectivity index (χ1) is 8.18. The molecule has 0 aliphatic carbocycles. The SMILES string of the molecule is CC1(CNCC(O)CN2CCCC2)CCCS1. The van der Waals surface area contributed by atoms with E-state index in [0.717, 1.165) is 19.6 Å². The molecule has 3 nitrogen and oxygen atoms in total. The summed E-state index contributed by atoms with van der Waals surface area (Å²) in [5.41, 5.74) is 0. The molecular formula is C13H26N2OS. The second kappa shape index (κ2) is 6.41. The Kier molecular flexibility index (Phi) is 5.15. The summed E-state index contributed by atoms with van der Waals surface area (Å²) < 4.78 is 0.410. The number of hydrogen-bond acceptors (Lipinski definition) is 4. The van der Waals surface area contributed by atoms with Crippen LogP contribution in [0.15, 0.2) is 0 Å². The van der Waals surface area contributed by atoms with E-state index in [0.29, 0.717) is 4.75 Å². The van der Waals surface area contributed by atoms with Crippen molar-refractivity contribution in [2.45, 2.75) is 43.5 Å². The fraction of sp³-hybridized carbons (Fsp3) is 1.00. The molecule has 0 aromatic rings. The van der Waals surface area contributed by atoms with Crippen molar-refractivity contribution < 1.29 is 5.11 Å². The average Bonchev–Trinajstić information content (AvgIpc) is 2.90. The van der Waals surface area contributed by atoms with Gasteiger partial charge in [-0.3, -0.25) is 0 Å². The molecule has 0 bridgehead atoms. The van der Waals surface area contributed by atoms with Gasteiger partial charge in [-0.15, -0.1) is 0 Å². The van der Waals surface area contributed by atoms with Gasteiger partial charge in [0.2, 0.25) is 0 Å². The largest absolute Gasteiger partial charge is 0.390 e. The molecule has 2 atom stereocenters. The van der Waals surface area contributed by atoms with Crippen LogP contribution in [0.4, 0.5) is 0 Å². The number of nitrogens with one attached hydrogen (secondary N) is 1. The van der Waals surface area contributed by atoms with E-state index in [2.05, 4.69) is 28.9 Å². The van der Waals surface area contributed by atoms with Gasteiger partial charge in [-0.05, 0) is 51.4 Å². The molecule has 2 saturated heterocycles. The van der Waals surface area contributed by atoms with Crippen molar-refractivity contribution in [3.05, 3.63) is 0 Å². The van der Waals surface area contributed by atoms with Crippen LogP contribution < -0.4 is 5.32 Å². The first-order valence-corrected chi connectivity index (χ1v) is 7.92. The van der Waals surface area contributed by atoms with Crippen LogP contribution in [0.3, 0.4) is 0 Å². The molecule has 0 aromatic carbocycles. The number of likely N-dealkylation sites (tertiary alicyclic amines) is 1. The molecule has 2 unspecified atom stereocenters. The van der Waals surface area contributed by atoms with E-state index in [1.165, 1.54) is 44.5 Å². The van der Waals surface area contributed by atoms with E-state index in [9.17, 15) is 5.11 Å². The number of aliphatic hydroxyl groups excluding tert-OH is 1. The van der Waals surface area contributed by atoms with Crippen molar-refractivity contribution in [1.82, 2.24) is 10.2 Å². The highest BCUT2D eigenvalue weighted by atomic mass is 32.2. The molecule has 0 spiro atoms. The van der Waals surface area contributed by atoms with Crippen molar-refractivity contribution in [3.8, 4) is 0 Å². The van der Waals surface area contributed by atoms with Gasteiger partial charge in [-0.1, -0.05) is 0 Å². The number of aliphatic hydroxyl groups is 1. The quantitative estimate of drug-likeness (QED) is 0.753. The highest BCUT2D eigenvalue weighted by Gasteiger charge is 2.29. The zero-order chi connectivity index (χ0) is 12.1. The Morgan fingerprint density at radius 1 is 1.35 bits per heavy atom. The Morgan fingerprint density at radius 3 is 2.76 bits per heavy atom. The Labute approximate surface area is 109 Å². The van der Waals surface area contributed by atoms with Gasteiger partial charge in [0.15, 0.2) is 0 Å². The number of β-amino-alcohol motifs (C(OH)–C–C–N with tert-alkyl or cyclic N) is 1. The summed E-state index contributed by atoms with van der Waals surface area (Å²) in [6, 6.07) is 0. The maximum absolute atomic E-state index is 9.96. The summed E-state index contributed by atoms with van der Waals surface area (Å²) in [4.78, 5) is 2.37. The summed E-state index contributed by atoms with van der Waals surface area (Å²) in [5, 5.41) is 13.4. The minimum atomic E-state index is -0.205. The topological polar surface area (TPSA) is 35.5 Å². The molecule has 0 amide bonds. The van der Waals surface area contributed by atoms with Crippen LogP contribution in [0.25, 0.3) is 0 Å². The van der Waals surface area contributed by atoms with E-state index in [4.69, 9.17) is 0 Å². The van der Waals surface area contributed by atoms with Gasteiger partial charge in [0.05, 0.1) is 6.10 Å².